The maximum absolute atomic E-state index is 13.2. The van der Waals surface area contributed by atoms with Gasteiger partial charge in [0.15, 0.2) is 0 Å². The van der Waals surface area contributed by atoms with E-state index >= 15 is 0 Å². The summed E-state index contributed by atoms with van der Waals surface area (Å²) in [5, 5.41) is 3.15. The summed E-state index contributed by atoms with van der Waals surface area (Å²) in [6.45, 7) is 4.41. The Bertz CT molecular complexity index is 563. The van der Waals surface area contributed by atoms with E-state index in [0.29, 0.717) is 12.6 Å². The Labute approximate surface area is 123 Å². The van der Waals surface area contributed by atoms with Crippen molar-refractivity contribution < 1.29 is 17.2 Å². The molecule has 2 atom stereocenters. The Morgan fingerprint density at radius 1 is 1.20 bits per heavy atom. The van der Waals surface area contributed by atoms with E-state index in [9.17, 15) is 17.2 Å². The van der Waals surface area contributed by atoms with Crippen molar-refractivity contribution in [2.45, 2.75) is 30.8 Å². The molecule has 1 saturated heterocycles. The van der Waals surface area contributed by atoms with Crippen molar-refractivity contribution in [1.29, 1.82) is 0 Å². The van der Waals surface area contributed by atoms with Gasteiger partial charge in [-0.2, -0.15) is 4.31 Å². The van der Waals surface area contributed by atoms with Gasteiger partial charge in [-0.3, -0.25) is 0 Å². The van der Waals surface area contributed by atoms with Crippen LogP contribution in [0.4, 0.5) is 8.78 Å². The number of hydrogen-bond donors (Lipinski definition) is 1. The van der Waals surface area contributed by atoms with E-state index in [1.54, 1.807) is 6.92 Å². The second-order valence-corrected chi connectivity index (χ2v) is 6.73. The van der Waals surface area contributed by atoms with Crippen molar-refractivity contribution in [3.63, 3.8) is 0 Å². The Hall–Kier alpha value is -0.760. The first kappa shape index (κ1) is 17.3. The molecule has 0 amide bonds. The summed E-state index contributed by atoms with van der Waals surface area (Å²) in [4.78, 5) is -0.342. The van der Waals surface area contributed by atoms with Crippen LogP contribution in [0.2, 0.25) is 0 Å². The number of hydrogen-bond acceptors (Lipinski definition) is 3. The molecular formula is C12H17ClF2N2O2S. The van der Waals surface area contributed by atoms with Gasteiger partial charge in [0.05, 0.1) is 4.90 Å². The number of piperazine rings is 1. The number of nitrogens with one attached hydrogen (secondary N) is 1. The third-order valence-corrected chi connectivity index (χ3v) is 5.11. The quantitative estimate of drug-likeness (QED) is 0.901. The molecular weight excluding hydrogens is 310 g/mol. The lowest BCUT2D eigenvalue weighted by atomic mass is 10.2. The largest absolute Gasteiger partial charge is 0.311 e. The monoisotopic (exact) mass is 326 g/mol. The van der Waals surface area contributed by atoms with Gasteiger partial charge in [-0.15, -0.1) is 12.4 Å². The third-order valence-electron chi connectivity index (χ3n) is 3.15. The van der Waals surface area contributed by atoms with Crippen molar-refractivity contribution in [2.75, 3.05) is 13.1 Å². The molecule has 1 aliphatic heterocycles. The molecule has 0 saturated carbocycles. The minimum absolute atomic E-state index is 0. The predicted octanol–water partition coefficient (Wildman–Crippen LogP) is 1.76. The molecule has 20 heavy (non-hydrogen) atoms. The normalized spacial score (nSPS) is 24.2. The van der Waals surface area contributed by atoms with Gasteiger partial charge in [-0.05, 0) is 26.0 Å². The molecule has 0 bridgehead atoms. The van der Waals surface area contributed by atoms with Gasteiger partial charge >= 0.3 is 0 Å². The molecule has 2 unspecified atom stereocenters. The molecule has 8 heteroatoms. The highest BCUT2D eigenvalue weighted by Crippen LogP contribution is 2.22. The Kier molecular flexibility index (Phi) is 5.48. The first-order chi connectivity index (χ1) is 8.80. The average Bonchev–Trinajstić information content (AvgIpc) is 2.31. The van der Waals surface area contributed by atoms with E-state index in [0.717, 1.165) is 12.1 Å². The Morgan fingerprint density at radius 2 is 1.75 bits per heavy atom. The molecule has 0 aliphatic carbocycles. The third kappa shape index (κ3) is 3.46. The van der Waals surface area contributed by atoms with E-state index in [2.05, 4.69) is 5.32 Å². The highest BCUT2D eigenvalue weighted by atomic mass is 35.5. The zero-order valence-electron chi connectivity index (χ0n) is 11.1. The molecule has 1 aliphatic rings. The van der Waals surface area contributed by atoms with Gasteiger partial charge in [0, 0.05) is 31.2 Å². The van der Waals surface area contributed by atoms with Crippen LogP contribution in [-0.2, 0) is 10.0 Å². The minimum atomic E-state index is -3.88. The summed E-state index contributed by atoms with van der Waals surface area (Å²) in [6.07, 6.45) is 0. The molecule has 4 nitrogen and oxygen atoms in total. The van der Waals surface area contributed by atoms with Crippen LogP contribution < -0.4 is 5.32 Å². The first-order valence-electron chi connectivity index (χ1n) is 6.02. The average molecular weight is 327 g/mol. The first-order valence-corrected chi connectivity index (χ1v) is 7.46. The van der Waals surface area contributed by atoms with Crippen molar-refractivity contribution in [3.05, 3.63) is 29.8 Å². The van der Waals surface area contributed by atoms with Crippen LogP contribution in [-0.4, -0.2) is 37.9 Å². The van der Waals surface area contributed by atoms with Crippen molar-refractivity contribution in [1.82, 2.24) is 9.62 Å². The standard InChI is InChI=1S/C12H16F2N2O2S.ClH/c1-8-7-16(9(2)6-15-8)19(17,18)12-4-10(13)3-11(14)5-12;/h3-5,8-9,15H,6-7H2,1-2H3;1H. The van der Waals surface area contributed by atoms with Crippen molar-refractivity contribution in [3.8, 4) is 0 Å². The maximum Gasteiger partial charge on any atom is 0.243 e. The number of rotatable bonds is 2. The van der Waals surface area contributed by atoms with Crippen LogP contribution >= 0.6 is 12.4 Å². The van der Waals surface area contributed by atoms with Gasteiger partial charge in [0.1, 0.15) is 11.6 Å². The molecule has 1 aromatic rings. The summed E-state index contributed by atoms with van der Waals surface area (Å²) in [6, 6.07) is 2.09. The fourth-order valence-corrected chi connectivity index (χ4v) is 3.90. The lowest BCUT2D eigenvalue weighted by molar-refractivity contribution is 0.244. The van der Waals surface area contributed by atoms with Crippen molar-refractivity contribution >= 4 is 22.4 Å². The lowest BCUT2D eigenvalue weighted by Crippen LogP contribution is -2.56. The topological polar surface area (TPSA) is 49.4 Å². The molecule has 114 valence electrons. The number of nitrogens with zero attached hydrogens (tertiary/aromatic N) is 1. The van der Waals surface area contributed by atoms with Crippen LogP contribution in [0.3, 0.4) is 0 Å². The smallest absolute Gasteiger partial charge is 0.243 e. The molecule has 1 fully saturated rings. The molecule has 1 aromatic carbocycles. The van der Waals surface area contributed by atoms with Gasteiger partial charge in [0.25, 0.3) is 0 Å². The van der Waals surface area contributed by atoms with Crippen LogP contribution in [0.1, 0.15) is 13.8 Å². The zero-order valence-corrected chi connectivity index (χ0v) is 12.8. The molecule has 2 rings (SSSR count). The molecule has 1 N–H and O–H groups in total. The minimum Gasteiger partial charge on any atom is -0.311 e. The lowest BCUT2D eigenvalue weighted by Gasteiger charge is -2.36. The van der Waals surface area contributed by atoms with E-state index in [-0.39, 0.29) is 35.9 Å². The second kappa shape index (κ2) is 6.34. The highest BCUT2D eigenvalue weighted by Gasteiger charge is 2.33. The summed E-state index contributed by atoms with van der Waals surface area (Å²) in [5.74, 6) is -1.79. The van der Waals surface area contributed by atoms with Crippen molar-refractivity contribution in [2.24, 2.45) is 0 Å². The Morgan fingerprint density at radius 3 is 2.30 bits per heavy atom. The fraction of sp³-hybridized carbons (Fsp3) is 0.500. The maximum atomic E-state index is 13.2. The number of benzene rings is 1. The van der Waals surface area contributed by atoms with Crippen LogP contribution in [0, 0.1) is 11.6 Å². The second-order valence-electron chi connectivity index (χ2n) is 4.84. The molecule has 0 radical (unpaired) electrons. The highest BCUT2D eigenvalue weighted by molar-refractivity contribution is 7.89. The van der Waals surface area contributed by atoms with E-state index in [1.807, 2.05) is 6.92 Å². The summed E-state index contributed by atoms with van der Waals surface area (Å²) in [5.41, 5.74) is 0. The SMILES string of the molecule is CC1CN(S(=O)(=O)c2cc(F)cc(F)c2)C(C)CN1.Cl. The van der Waals surface area contributed by atoms with Crippen LogP contribution in [0.15, 0.2) is 23.1 Å². The molecule has 0 aromatic heterocycles. The number of halogens is 3. The summed E-state index contributed by atoms with van der Waals surface area (Å²) in [7, 11) is -3.88. The van der Waals surface area contributed by atoms with Gasteiger partial charge in [-0.25, -0.2) is 17.2 Å². The molecule has 1 heterocycles. The van der Waals surface area contributed by atoms with Gasteiger partial charge in [-0.1, -0.05) is 0 Å². The zero-order chi connectivity index (χ0) is 14.2. The van der Waals surface area contributed by atoms with E-state index in [1.165, 1.54) is 4.31 Å². The predicted molar refractivity (Wildman–Crippen MR) is 74.4 cm³/mol. The number of sulfonamides is 1. The Balaban J connectivity index is 0.00000200. The fourth-order valence-electron chi connectivity index (χ4n) is 2.14. The molecule has 0 spiro atoms. The van der Waals surface area contributed by atoms with E-state index in [4.69, 9.17) is 0 Å². The van der Waals surface area contributed by atoms with E-state index < -0.39 is 21.7 Å². The van der Waals surface area contributed by atoms with Crippen LogP contribution in [0.5, 0.6) is 0 Å². The van der Waals surface area contributed by atoms with Crippen LogP contribution in [0.25, 0.3) is 0 Å². The van der Waals surface area contributed by atoms with Gasteiger partial charge in [0.2, 0.25) is 10.0 Å². The summed E-state index contributed by atoms with van der Waals surface area (Å²) < 4.78 is 52.4. The van der Waals surface area contributed by atoms with Gasteiger partial charge < -0.3 is 5.32 Å². The summed E-state index contributed by atoms with van der Waals surface area (Å²) >= 11 is 0.